The van der Waals surface area contributed by atoms with Crippen molar-refractivity contribution in [3.8, 4) is 6.07 Å². The van der Waals surface area contributed by atoms with Crippen LogP contribution in [0, 0.1) is 11.3 Å². The molecule has 0 bridgehead atoms. The van der Waals surface area contributed by atoms with E-state index in [1.807, 2.05) is 0 Å². The van der Waals surface area contributed by atoms with E-state index in [4.69, 9.17) is 11.0 Å². The van der Waals surface area contributed by atoms with Crippen LogP contribution in [0.25, 0.3) is 0 Å². The Balaban J connectivity index is 2.46. The molecule has 1 fully saturated rings. The molecule has 0 aromatic carbocycles. The Hall–Kier alpha value is -1.61. The quantitative estimate of drug-likeness (QED) is 0.680. The minimum Gasteiger partial charge on any atom is -0.359 e. The second-order valence-electron chi connectivity index (χ2n) is 4.14. The first-order valence-corrected chi connectivity index (χ1v) is 5.76. The number of hydrogen-bond acceptors (Lipinski definition) is 4. The van der Waals surface area contributed by atoms with Gasteiger partial charge in [-0.15, -0.1) is 0 Å². The van der Waals surface area contributed by atoms with Crippen molar-refractivity contribution in [2.45, 2.75) is 37.8 Å². The van der Waals surface area contributed by atoms with E-state index >= 15 is 0 Å². The van der Waals surface area contributed by atoms with E-state index in [2.05, 4.69) is 11.4 Å². The predicted molar refractivity (Wildman–Crippen MR) is 61.6 cm³/mol. The van der Waals surface area contributed by atoms with Crippen LogP contribution >= 0.6 is 0 Å². The number of likely N-dealkylation sites (tertiary alicyclic amines) is 1. The second kappa shape index (κ2) is 6.21. The van der Waals surface area contributed by atoms with E-state index in [0.29, 0.717) is 19.4 Å². The fraction of sp³-hybridized carbons (Fsp3) is 0.727. The Bertz CT molecular complexity index is 337. The van der Waals surface area contributed by atoms with E-state index in [9.17, 15) is 9.59 Å². The van der Waals surface area contributed by atoms with Gasteiger partial charge in [-0.1, -0.05) is 0 Å². The van der Waals surface area contributed by atoms with Gasteiger partial charge in [0, 0.05) is 20.0 Å². The van der Waals surface area contributed by atoms with Crippen molar-refractivity contribution in [3.63, 3.8) is 0 Å². The van der Waals surface area contributed by atoms with Crippen molar-refractivity contribution < 1.29 is 9.59 Å². The standard InChI is InChI=1S/C11H18N4O2/c1-14-10(16)5-4-9(13)11(17)15-6-2-3-8(15)7-12/h8-9H,2-6,13H2,1H3,(H,14,16)/t8-,9-/m0/s1. The summed E-state index contributed by atoms with van der Waals surface area (Å²) < 4.78 is 0. The van der Waals surface area contributed by atoms with Crippen molar-refractivity contribution in [3.05, 3.63) is 0 Å². The first kappa shape index (κ1) is 13.5. The molecule has 0 unspecified atom stereocenters. The summed E-state index contributed by atoms with van der Waals surface area (Å²) in [5.74, 6) is -0.357. The molecule has 17 heavy (non-hydrogen) atoms. The van der Waals surface area contributed by atoms with E-state index in [1.54, 1.807) is 7.05 Å². The van der Waals surface area contributed by atoms with Gasteiger partial charge in [-0.2, -0.15) is 5.26 Å². The smallest absolute Gasteiger partial charge is 0.240 e. The zero-order valence-electron chi connectivity index (χ0n) is 9.98. The van der Waals surface area contributed by atoms with Crippen LogP contribution in [0.1, 0.15) is 25.7 Å². The number of nitriles is 1. The maximum absolute atomic E-state index is 11.9. The molecule has 0 aromatic rings. The van der Waals surface area contributed by atoms with Gasteiger partial charge in [0.1, 0.15) is 6.04 Å². The molecule has 1 heterocycles. The molecule has 6 heteroatoms. The van der Waals surface area contributed by atoms with Gasteiger partial charge in [0.05, 0.1) is 12.1 Å². The van der Waals surface area contributed by atoms with Gasteiger partial charge < -0.3 is 16.0 Å². The van der Waals surface area contributed by atoms with Gasteiger partial charge in [-0.3, -0.25) is 9.59 Å². The molecule has 0 saturated carbocycles. The molecule has 1 saturated heterocycles. The van der Waals surface area contributed by atoms with Crippen LogP contribution in [0.5, 0.6) is 0 Å². The fourth-order valence-electron chi connectivity index (χ4n) is 1.91. The number of nitrogens with two attached hydrogens (primary N) is 1. The Morgan fingerprint density at radius 1 is 1.65 bits per heavy atom. The van der Waals surface area contributed by atoms with Crippen molar-refractivity contribution in [1.82, 2.24) is 10.2 Å². The van der Waals surface area contributed by atoms with Crippen LogP contribution < -0.4 is 11.1 Å². The van der Waals surface area contributed by atoms with Gasteiger partial charge in [-0.25, -0.2) is 0 Å². The molecule has 2 amide bonds. The number of rotatable bonds is 4. The van der Waals surface area contributed by atoms with Crippen molar-refractivity contribution in [1.29, 1.82) is 5.26 Å². The summed E-state index contributed by atoms with van der Waals surface area (Å²) in [6.45, 7) is 0.588. The lowest BCUT2D eigenvalue weighted by atomic mass is 10.1. The molecule has 0 radical (unpaired) electrons. The van der Waals surface area contributed by atoms with Crippen molar-refractivity contribution >= 4 is 11.8 Å². The lowest BCUT2D eigenvalue weighted by Gasteiger charge is -2.23. The van der Waals surface area contributed by atoms with Crippen LogP contribution in [0.2, 0.25) is 0 Å². The highest BCUT2D eigenvalue weighted by atomic mass is 16.2. The summed E-state index contributed by atoms with van der Waals surface area (Å²) >= 11 is 0. The van der Waals surface area contributed by atoms with Crippen molar-refractivity contribution in [2.24, 2.45) is 5.73 Å². The fourth-order valence-corrected chi connectivity index (χ4v) is 1.91. The SMILES string of the molecule is CNC(=O)CC[C@H](N)C(=O)N1CCC[C@H]1C#N. The molecule has 94 valence electrons. The highest BCUT2D eigenvalue weighted by Gasteiger charge is 2.31. The zero-order valence-corrected chi connectivity index (χ0v) is 9.98. The lowest BCUT2D eigenvalue weighted by molar-refractivity contribution is -0.132. The summed E-state index contributed by atoms with van der Waals surface area (Å²) in [4.78, 5) is 24.5. The summed E-state index contributed by atoms with van der Waals surface area (Å²) in [6.07, 6.45) is 2.10. The van der Waals surface area contributed by atoms with E-state index in [-0.39, 0.29) is 24.3 Å². The molecule has 0 aromatic heterocycles. The van der Waals surface area contributed by atoms with E-state index in [0.717, 1.165) is 6.42 Å². The van der Waals surface area contributed by atoms with Gasteiger partial charge >= 0.3 is 0 Å². The van der Waals surface area contributed by atoms with E-state index in [1.165, 1.54) is 4.90 Å². The zero-order chi connectivity index (χ0) is 12.8. The molecule has 3 N–H and O–H groups in total. The molecular weight excluding hydrogens is 220 g/mol. The van der Waals surface area contributed by atoms with Crippen LogP contribution in [0.15, 0.2) is 0 Å². The van der Waals surface area contributed by atoms with Gasteiger partial charge in [0.2, 0.25) is 11.8 Å². The van der Waals surface area contributed by atoms with Crippen molar-refractivity contribution in [2.75, 3.05) is 13.6 Å². The summed E-state index contributed by atoms with van der Waals surface area (Å²) in [5.41, 5.74) is 5.74. The number of nitrogens with zero attached hydrogens (tertiary/aromatic N) is 2. The largest absolute Gasteiger partial charge is 0.359 e. The summed E-state index contributed by atoms with van der Waals surface area (Å²) in [6, 6.07) is 1.05. The number of hydrogen-bond donors (Lipinski definition) is 2. The van der Waals surface area contributed by atoms with Crippen LogP contribution in [0.4, 0.5) is 0 Å². The summed E-state index contributed by atoms with van der Waals surface area (Å²) in [5, 5.41) is 11.4. The third-order valence-electron chi connectivity index (χ3n) is 2.96. The molecule has 1 aliphatic rings. The normalized spacial score (nSPS) is 20.8. The number of carbonyl (C=O) groups excluding carboxylic acids is 2. The topological polar surface area (TPSA) is 99.2 Å². The molecule has 1 rings (SSSR count). The Labute approximate surface area is 101 Å². The third kappa shape index (κ3) is 3.43. The highest BCUT2D eigenvalue weighted by molar-refractivity contribution is 5.83. The summed E-state index contributed by atoms with van der Waals surface area (Å²) in [7, 11) is 1.54. The molecular formula is C11H18N4O2. The predicted octanol–water partition coefficient (Wildman–Crippen LogP) is -0.646. The highest BCUT2D eigenvalue weighted by Crippen LogP contribution is 2.17. The Kier molecular flexibility index (Phi) is 4.91. The third-order valence-corrected chi connectivity index (χ3v) is 2.96. The maximum atomic E-state index is 11.9. The van der Waals surface area contributed by atoms with Gasteiger partial charge in [0.25, 0.3) is 0 Å². The van der Waals surface area contributed by atoms with Crippen LogP contribution in [-0.4, -0.2) is 42.4 Å². The van der Waals surface area contributed by atoms with Crippen LogP contribution in [-0.2, 0) is 9.59 Å². The maximum Gasteiger partial charge on any atom is 0.240 e. The average molecular weight is 238 g/mol. The molecule has 2 atom stereocenters. The number of amides is 2. The molecule has 6 nitrogen and oxygen atoms in total. The monoisotopic (exact) mass is 238 g/mol. The Morgan fingerprint density at radius 2 is 2.35 bits per heavy atom. The van der Waals surface area contributed by atoms with Gasteiger partial charge in [0.15, 0.2) is 0 Å². The average Bonchev–Trinajstić information content (AvgIpc) is 2.82. The lowest BCUT2D eigenvalue weighted by Crippen LogP contribution is -2.46. The number of nitrogens with one attached hydrogen (secondary N) is 1. The molecule has 0 aliphatic carbocycles. The Morgan fingerprint density at radius 3 is 2.94 bits per heavy atom. The first-order valence-electron chi connectivity index (χ1n) is 5.76. The second-order valence-corrected chi connectivity index (χ2v) is 4.14. The van der Waals surface area contributed by atoms with E-state index < -0.39 is 6.04 Å². The minimum absolute atomic E-state index is 0.133. The minimum atomic E-state index is -0.693. The number of carbonyl (C=O) groups is 2. The molecule has 0 spiro atoms. The first-order chi connectivity index (χ1) is 8.10. The van der Waals surface area contributed by atoms with Crippen LogP contribution in [0.3, 0.4) is 0 Å². The van der Waals surface area contributed by atoms with Gasteiger partial charge in [-0.05, 0) is 19.3 Å². The molecule has 1 aliphatic heterocycles.